The smallest absolute Gasteiger partial charge is 0.243 e. The summed E-state index contributed by atoms with van der Waals surface area (Å²) in [6.07, 6.45) is 6.36. The summed E-state index contributed by atoms with van der Waals surface area (Å²) in [6.45, 7) is 0. The Bertz CT molecular complexity index is 467. The zero-order valence-corrected chi connectivity index (χ0v) is 12.7. The first-order chi connectivity index (χ1) is 9.99. The maximum absolute atomic E-state index is 12.4. The lowest BCUT2D eigenvalue weighted by Crippen LogP contribution is -2.40. The maximum atomic E-state index is 12.4. The maximum Gasteiger partial charge on any atom is 0.243 e. The molecule has 2 amide bonds. The van der Waals surface area contributed by atoms with Crippen molar-refractivity contribution in [3.8, 4) is 0 Å². The zero-order chi connectivity index (χ0) is 15.4. The second kappa shape index (κ2) is 6.93. The number of hydrogen-bond acceptors (Lipinski definition) is 4. The fraction of sp³-hybridized carbons (Fsp3) is 0.692. The lowest BCUT2D eigenvalue weighted by molar-refractivity contribution is -0.141. The molecule has 0 bridgehead atoms. The quantitative estimate of drug-likeness (QED) is 0.301. The number of likely N-dealkylation sites (tertiary alicyclic amines) is 1. The van der Waals surface area contributed by atoms with Crippen molar-refractivity contribution >= 4 is 34.7 Å². The van der Waals surface area contributed by atoms with Crippen LogP contribution >= 0.6 is 11.8 Å². The van der Waals surface area contributed by atoms with E-state index in [1.165, 1.54) is 17.7 Å². The van der Waals surface area contributed by atoms with E-state index in [0.29, 0.717) is 0 Å². The Labute approximate surface area is 128 Å². The molecule has 21 heavy (non-hydrogen) atoms. The van der Waals surface area contributed by atoms with Crippen LogP contribution in [0.2, 0.25) is 0 Å². The van der Waals surface area contributed by atoms with Crippen LogP contribution in [0.25, 0.3) is 0 Å². The number of nitrogens with zero attached hydrogens (tertiary/aromatic N) is 2. The number of hydrogen-bond donors (Lipinski definition) is 3. The third-order valence-corrected chi connectivity index (χ3v) is 4.78. The molecule has 5 N–H and O–H groups in total. The molecule has 1 heterocycles. The van der Waals surface area contributed by atoms with Gasteiger partial charge in [-0.25, -0.2) is 0 Å². The van der Waals surface area contributed by atoms with Gasteiger partial charge in [0, 0.05) is 12.5 Å². The van der Waals surface area contributed by atoms with Gasteiger partial charge in [0.15, 0.2) is 11.1 Å². The molecule has 1 saturated carbocycles. The third kappa shape index (κ3) is 3.96. The van der Waals surface area contributed by atoms with E-state index >= 15 is 0 Å². The van der Waals surface area contributed by atoms with Gasteiger partial charge in [0.25, 0.3) is 0 Å². The Morgan fingerprint density at radius 1 is 1.19 bits per heavy atom. The van der Waals surface area contributed by atoms with Crippen LogP contribution in [0.15, 0.2) is 4.99 Å². The third-order valence-electron chi connectivity index (χ3n) is 3.82. The number of carbonyl (C=O) groups is 2. The highest BCUT2D eigenvalue weighted by molar-refractivity contribution is 8.14. The van der Waals surface area contributed by atoms with Gasteiger partial charge in [0.1, 0.15) is 5.25 Å². The summed E-state index contributed by atoms with van der Waals surface area (Å²) in [6, 6.07) is 0.0235. The number of amidine groups is 1. The minimum Gasteiger partial charge on any atom is -0.370 e. The Kier molecular flexibility index (Phi) is 5.22. The highest BCUT2D eigenvalue weighted by Gasteiger charge is 2.43. The molecule has 7 nitrogen and oxygen atoms in total. The van der Waals surface area contributed by atoms with Crippen molar-refractivity contribution in [2.24, 2.45) is 16.5 Å². The van der Waals surface area contributed by atoms with Gasteiger partial charge in [-0.2, -0.15) is 4.99 Å². The van der Waals surface area contributed by atoms with Gasteiger partial charge in [0.05, 0.1) is 0 Å². The van der Waals surface area contributed by atoms with Gasteiger partial charge in [-0.3, -0.25) is 19.9 Å². The number of thioether (sulfide) groups is 1. The first-order valence-corrected chi connectivity index (χ1v) is 8.07. The molecule has 8 heteroatoms. The average Bonchev–Trinajstić information content (AvgIpc) is 2.59. The second-order valence-corrected chi connectivity index (χ2v) is 6.59. The molecule has 1 atom stereocenters. The van der Waals surface area contributed by atoms with Crippen molar-refractivity contribution in [2.75, 3.05) is 0 Å². The summed E-state index contributed by atoms with van der Waals surface area (Å²) in [5.74, 6) is -0.556. The fourth-order valence-electron chi connectivity index (χ4n) is 2.89. The van der Waals surface area contributed by atoms with E-state index in [0.717, 1.165) is 37.4 Å². The van der Waals surface area contributed by atoms with Crippen molar-refractivity contribution in [3.05, 3.63) is 0 Å². The molecule has 0 radical (unpaired) electrons. The number of carbonyl (C=O) groups excluding carboxylic acids is 2. The van der Waals surface area contributed by atoms with Crippen molar-refractivity contribution in [3.63, 3.8) is 0 Å². The van der Waals surface area contributed by atoms with Gasteiger partial charge in [-0.15, -0.1) is 0 Å². The molecule has 0 aromatic carbocycles. The summed E-state index contributed by atoms with van der Waals surface area (Å²) >= 11 is 0.944. The fourth-order valence-corrected chi connectivity index (χ4v) is 3.76. The number of nitrogens with one attached hydrogen (secondary N) is 1. The summed E-state index contributed by atoms with van der Waals surface area (Å²) in [7, 11) is 0. The second-order valence-electron chi connectivity index (χ2n) is 5.40. The molecule has 0 aromatic heterocycles. The SMILES string of the molecule is N=C(N=C(N)N)SC1CC(=O)N(C2CCCCCC2)C1=O. The van der Waals surface area contributed by atoms with Gasteiger partial charge in [0.2, 0.25) is 11.8 Å². The normalized spacial score (nSPS) is 24.0. The minimum absolute atomic E-state index is 0.0235. The number of aliphatic imine (C=N–C) groups is 1. The lowest BCUT2D eigenvalue weighted by Gasteiger charge is -2.25. The van der Waals surface area contributed by atoms with Crippen LogP contribution in [0.5, 0.6) is 0 Å². The molecule has 2 rings (SSSR count). The Morgan fingerprint density at radius 2 is 1.81 bits per heavy atom. The first-order valence-electron chi connectivity index (χ1n) is 7.20. The zero-order valence-electron chi connectivity index (χ0n) is 11.9. The molecule has 1 aliphatic heterocycles. The summed E-state index contributed by atoms with van der Waals surface area (Å²) in [5.41, 5.74) is 10.4. The molecular weight excluding hydrogens is 290 g/mol. The van der Waals surface area contributed by atoms with E-state index in [9.17, 15) is 9.59 Å². The van der Waals surface area contributed by atoms with Gasteiger partial charge >= 0.3 is 0 Å². The molecule has 0 spiro atoms. The molecule has 0 aromatic rings. The monoisotopic (exact) mass is 311 g/mol. The molecule has 1 aliphatic carbocycles. The van der Waals surface area contributed by atoms with E-state index in [4.69, 9.17) is 16.9 Å². The van der Waals surface area contributed by atoms with Crippen molar-refractivity contribution in [1.82, 2.24) is 4.90 Å². The van der Waals surface area contributed by atoms with Crippen LogP contribution in [0, 0.1) is 5.41 Å². The van der Waals surface area contributed by atoms with Crippen molar-refractivity contribution in [1.29, 1.82) is 5.41 Å². The largest absolute Gasteiger partial charge is 0.370 e. The average molecular weight is 311 g/mol. The molecule has 2 fully saturated rings. The molecule has 116 valence electrons. The van der Waals surface area contributed by atoms with Crippen LogP contribution in [0.4, 0.5) is 0 Å². The summed E-state index contributed by atoms with van der Waals surface area (Å²) < 4.78 is 0. The number of amides is 2. The summed E-state index contributed by atoms with van der Waals surface area (Å²) in [5, 5.41) is 6.91. The molecular formula is C13H21N5O2S. The van der Waals surface area contributed by atoms with Crippen LogP contribution < -0.4 is 11.5 Å². The number of rotatable bonds is 2. The van der Waals surface area contributed by atoms with Crippen LogP contribution in [-0.2, 0) is 9.59 Å². The van der Waals surface area contributed by atoms with E-state index in [2.05, 4.69) is 4.99 Å². The van der Waals surface area contributed by atoms with Crippen LogP contribution in [-0.4, -0.2) is 39.1 Å². The highest BCUT2D eigenvalue weighted by atomic mass is 32.2. The molecule has 2 aliphatic rings. The minimum atomic E-state index is -0.573. The predicted molar refractivity (Wildman–Crippen MR) is 82.9 cm³/mol. The number of guanidine groups is 1. The van der Waals surface area contributed by atoms with E-state index in [-0.39, 0.29) is 35.4 Å². The summed E-state index contributed by atoms with van der Waals surface area (Å²) in [4.78, 5) is 29.6. The Balaban J connectivity index is 2.02. The molecule has 1 unspecified atom stereocenters. The van der Waals surface area contributed by atoms with Gasteiger partial charge < -0.3 is 11.5 Å². The standard InChI is InChI=1S/C13H21N5O2S/c14-12(15)17-13(16)21-9-7-10(19)18(11(9)20)8-5-3-1-2-4-6-8/h8-9H,1-7H2,(H5,14,15,16,17). The Morgan fingerprint density at radius 3 is 2.38 bits per heavy atom. The van der Waals surface area contributed by atoms with Crippen LogP contribution in [0.1, 0.15) is 44.9 Å². The first kappa shape index (κ1) is 15.8. The van der Waals surface area contributed by atoms with Crippen molar-refractivity contribution in [2.45, 2.75) is 56.2 Å². The van der Waals surface area contributed by atoms with Gasteiger partial charge in [-0.1, -0.05) is 37.4 Å². The number of nitrogens with two attached hydrogens (primary N) is 2. The van der Waals surface area contributed by atoms with E-state index < -0.39 is 5.25 Å². The van der Waals surface area contributed by atoms with E-state index in [1.54, 1.807) is 0 Å². The van der Waals surface area contributed by atoms with Gasteiger partial charge in [-0.05, 0) is 12.8 Å². The Hall–Kier alpha value is -1.57. The highest BCUT2D eigenvalue weighted by Crippen LogP contribution is 2.31. The topological polar surface area (TPSA) is 126 Å². The molecule has 1 saturated heterocycles. The van der Waals surface area contributed by atoms with E-state index in [1.807, 2.05) is 0 Å². The van der Waals surface area contributed by atoms with Crippen molar-refractivity contribution < 1.29 is 9.59 Å². The lowest BCUT2D eigenvalue weighted by atomic mass is 10.1. The van der Waals surface area contributed by atoms with Crippen LogP contribution in [0.3, 0.4) is 0 Å². The number of imide groups is 1. The predicted octanol–water partition coefficient (Wildman–Crippen LogP) is 0.778.